The van der Waals surface area contributed by atoms with Crippen molar-refractivity contribution in [1.29, 1.82) is 0 Å². The average Bonchev–Trinajstić information content (AvgIpc) is 2.55. The van der Waals surface area contributed by atoms with Crippen molar-refractivity contribution >= 4 is 70.4 Å². The Hall–Kier alpha value is -3.24. The Morgan fingerprint density at radius 3 is 1.23 bits per heavy atom. The van der Waals surface area contributed by atoms with Crippen LogP contribution in [0, 0.1) is 0 Å². The number of carbonyl (C=O) groups excluding carboxylic acids is 4. The molecule has 3 rings (SSSR count). The Kier molecular flexibility index (Phi) is 4.69. The van der Waals surface area contributed by atoms with E-state index in [0.29, 0.717) is 11.1 Å². The van der Waals surface area contributed by atoms with Gasteiger partial charge in [0.05, 0.1) is 0 Å². The van der Waals surface area contributed by atoms with Gasteiger partial charge in [0.2, 0.25) is 0 Å². The molecule has 10 heteroatoms. The molecular formula is C16H10N4O4S2. The van der Waals surface area contributed by atoms with Crippen LogP contribution in [0.3, 0.4) is 0 Å². The fourth-order valence-corrected chi connectivity index (χ4v) is 2.67. The molecule has 2 aliphatic rings. The molecule has 26 heavy (non-hydrogen) atoms. The third-order valence-corrected chi connectivity index (χ3v) is 3.89. The molecule has 2 fully saturated rings. The van der Waals surface area contributed by atoms with Crippen LogP contribution in [0.2, 0.25) is 0 Å². The smallest absolute Gasteiger partial charge is 0.263 e. The third-order valence-electron chi connectivity index (χ3n) is 3.48. The van der Waals surface area contributed by atoms with Crippen molar-refractivity contribution in [3.8, 4) is 0 Å². The predicted molar refractivity (Wildman–Crippen MR) is 100 cm³/mol. The summed E-state index contributed by atoms with van der Waals surface area (Å²) in [6.07, 6.45) is 2.70. The van der Waals surface area contributed by atoms with Crippen molar-refractivity contribution in [2.75, 3.05) is 0 Å². The van der Waals surface area contributed by atoms with Crippen molar-refractivity contribution in [2.45, 2.75) is 0 Å². The molecule has 4 amide bonds. The second-order valence-electron chi connectivity index (χ2n) is 5.22. The summed E-state index contributed by atoms with van der Waals surface area (Å²) >= 11 is 9.49. The monoisotopic (exact) mass is 386 g/mol. The summed E-state index contributed by atoms with van der Waals surface area (Å²) in [5.41, 5.74) is 0.620. The Balaban J connectivity index is 2.02. The summed E-state index contributed by atoms with van der Waals surface area (Å²) < 4.78 is 0. The molecule has 0 aliphatic carbocycles. The number of rotatable bonds is 2. The second-order valence-corrected chi connectivity index (χ2v) is 6.04. The van der Waals surface area contributed by atoms with E-state index in [-0.39, 0.29) is 21.4 Å². The van der Waals surface area contributed by atoms with Gasteiger partial charge >= 0.3 is 0 Å². The summed E-state index contributed by atoms with van der Waals surface area (Å²) in [5.74, 6) is -2.56. The molecule has 2 heterocycles. The van der Waals surface area contributed by atoms with E-state index in [2.05, 4.69) is 21.3 Å². The van der Waals surface area contributed by atoms with Gasteiger partial charge in [0.1, 0.15) is 11.1 Å². The number of benzene rings is 1. The van der Waals surface area contributed by atoms with Crippen molar-refractivity contribution in [1.82, 2.24) is 21.3 Å². The van der Waals surface area contributed by atoms with Crippen LogP contribution in [0.15, 0.2) is 35.4 Å². The van der Waals surface area contributed by atoms with Gasteiger partial charge in [0, 0.05) is 0 Å². The van der Waals surface area contributed by atoms with Crippen molar-refractivity contribution < 1.29 is 19.2 Å². The first-order valence-corrected chi connectivity index (χ1v) is 8.02. The SMILES string of the molecule is O=C1NC(=S)NC(=O)C1=Cc1ccccc1C=C1C(=O)NC(=S)NC1=O. The van der Waals surface area contributed by atoms with Crippen molar-refractivity contribution in [3.05, 3.63) is 46.5 Å². The van der Waals surface area contributed by atoms with Crippen LogP contribution in [0.1, 0.15) is 11.1 Å². The zero-order chi connectivity index (χ0) is 18.8. The summed E-state index contributed by atoms with van der Waals surface area (Å²) in [6, 6.07) is 6.65. The van der Waals surface area contributed by atoms with Crippen LogP contribution in [0.4, 0.5) is 0 Å². The molecule has 130 valence electrons. The van der Waals surface area contributed by atoms with Gasteiger partial charge in [-0.15, -0.1) is 0 Å². The minimum absolute atomic E-state index is 0.0703. The average molecular weight is 386 g/mol. The Morgan fingerprint density at radius 2 is 0.923 bits per heavy atom. The molecule has 0 radical (unpaired) electrons. The highest BCUT2D eigenvalue weighted by atomic mass is 32.1. The Morgan fingerprint density at radius 1 is 0.615 bits per heavy atom. The first-order valence-electron chi connectivity index (χ1n) is 7.21. The maximum atomic E-state index is 12.0. The van der Waals surface area contributed by atoms with Crippen LogP contribution in [-0.2, 0) is 19.2 Å². The van der Waals surface area contributed by atoms with Gasteiger partial charge in [-0.3, -0.25) is 40.4 Å². The van der Waals surface area contributed by atoms with Crippen molar-refractivity contribution in [2.24, 2.45) is 0 Å². The maximum Gasteiger partial charge on any atom is 0.263 e. The van der Waals surface area contributed by atoms with Crippen LogP contribution >= 0.6 is 24.4 Å². The minimum Gasteiger partial charge on any atom is -0.299 e. The van der Waals surface area contributed by atoms with Gasteiger partial charge < -0.3 is 0 Å². The number of nitrogens with one attached hydrogen (secondary N) is 4. The van der Waals surface area contributed by atoms with E-state index >= 15 is 0 Å². The van der Waals surface area contributed by atoms with E-state index in [4.69, 9.17) is 24.4 Å². The van der Waals surface area contributed by atoms with Gasteiger partial charge in [-0.1, -0.05) is 24.3 Å². The van der Waals surface area contributed by atoms with Crippen molar-refractivity contribution in [3.63, 3.8) is 0 Å². The van der Waals surface area contributed by atoms with Crippen LogP contribution in [0.25, 0.3) is 12.2 Å². The molecule has 0 aromatic heterocycles. The Bertz CT molecular complexity index is 844. The van der Waals surface area contributed by atoms with Crippen LogP contribution in [-0.4, -0.2) is 33.9 Å². The maximum absolute atomic E-state index is 12.0. The lowest BCUT2D eigenvalue weighted by molar-refractivity contribution is -0.124. The molecule has 0 spiro atoms. The number of thiocarbonyl (C=S) groups is 2. The first-order chi connectivity index (χ1) is 12.3. The summed E-state index contributed by atoms with van der Waals surface area (Å²) in [7, 11) is 0. The highest BCUT2D eigenvalue weighted by Crippen LogP contribution is 2.18. The van der Waals surface area contributed by atoms with E-state index in [0.717, 1.165) is 0 Å². The number of hydrogen-bond donors (Lipinski definition) is 4. The normalized spacial score (nSPS) is 17.2. The number of amides is 4. The molecule has 0 unspecified atom stereocenters. The summed E-state index contributed by atoms with van der Waals surface area (Å²) in [4.78, 5) is 47.9. The molecule has 2 saturated heterocycles. The number of hydrogen-bond acceptors (Lipinski definition) is 6. The van der Waals surface area contributed by atoms with Gasteiger partial charge in [0.15, 0.2) is 10.2 Å². The Labute approximate surface area is 157 Å². The highest BCUT2D eigenvalue weighted by molar-refractivity contribution is 7.80. The molecule has 0 bridgehead atoms. The van der Waals surface area contributed by atoms with Gasteiger partial charge in [-0.25, -0.2) is 0 Å². The number of carbonyl (C=O) groups is 4. The summed E-state index contributed by atoms with van der Waals surface area (Å²) in [6.45, 7) is 0. The predicted octanol–water partition coefficient (Wildman–Crippen LogP) is -0.485. The summed E-state index contributed by atoms with van der Waals surface area (Å²) in [5, 5.41) is 9.20. The van der Waals surface area contributed by atoms with E-state index in [9.17, 15) is 19.2 Å². The fraction of sp³-hybridized carbons (Fsp3) is 0. The standard InChI is InChI=1S/C16H10N4O4S2/c21-11-9(12(22)18-15(25)17-11)5-7-3-1-2-4-8(7)6-10-13(23)19-16(26)20-14(10)24/h1-6H,(H2,17,18,21,22,25)(H2,19,20,23,24,26). The van der Waals surface area contributed by atoms with Gasteiger partial charge in [-0.05, 0) is 47.7 Å². The lowest BCUT2D eigenvalue weighted by Crippen LogP contribution is -2.51. The van der Waals surface area contributed by atoms with Crippen LogP contribution < -0.4 is 21.3 Å². The van der Waals surface area contributed by atoms with E-state index in [1.165, 1.54) is 12.2 Å². The lowest BCUT2D eigenvalue weighted by Gasteiger charge is -2.17. The first kappa shape index (κ1) is 17.6. The van der Waals surface area contributed by atoms with E-state index in [1.54, 1.807) is 24.3 Å². The fourth-order valence-electron chi connectivity index (χ4n) is 2.30. The third kappa shape index (κ3) is 3.55. The zero-order valence-corrected chi connectivity index (χ0v) is 14.5. The molecule has 0 saturated carbocycles. The quantitative estimate of drug-likeness (QED) is 0.310. The molecule has 1 aromatic carbocycles. The van der Waals surface area contributed by atoms with E-state index in [1.807, 2.05) is 0 Å². The van der Waals surface area contributed by atoms with Gasteiger partial charge in [-0.2, -0.15) is 0 Å². The zero-order valence-electron chi connectivity index (χ0n) is 12.9. The van der Waals surface area contributed by atoms with Crippen LogP contribution in [0.5, 0.6) is 0 Å². The molecule has 1 aromatic rings. The highest BCUT2D eigenvalue weighted by Gasteiger charge is 2.27. The topological polar surface area (TPSA) is 116 Å². The molecule has 0 atom stereocenters. The molecule has 8 nitrogen and oxygen atoms in total. The second kappa shape index (κ2) is 6.94. The molecule has 4 N–H and O–H groups in total. The molecular weight excluding hydrogens is 376 g/mol. The lowest BCUT2D eigenvalue weighted by atomic mass is 10.00. The van der Waals surface area contributed by atoms with Gasteiger partial charge in [0.25, 0.3) is 23.6 Å². The largest absolute Gasteiger partial charge is 0.299 e. The molecule has 2 aliphatic heterocycles. The minimum atomic E-state index is -0.639. The van der Waals surface area contributed by atoms with E-state index < -0.39 is 23.6 Å².